The smallest absolute Gasteiger partial charge is 0.292 e. The molecule has 5 N–H and O–H groups in total. The average molecular weight is 417 g/mol. The highest BCUT2D eigenvalue weighted by Gasteiger charge is 2.20. The molecule has 0 spiro atoms. The van der Waals surface area contributed by atoms with Gasteiger partial charge in [0, 0.05) is 30.5 Å². The molecular formula is C22H23N7O2. The van der Waals surface area contributed by atoms with Crippen molar-refractivity contribution < 1.29 is 9.59 Å². The quantitative estimate of drug-likeness (QED) is 0.367. The van der Waals surface area contributed by atoms with Crippen LogP contribution in [0.3, 0.4) is 0 Å². The maximum Gasteiger partial charge on any atom is 0.292 e. The Bertz CT molecular complexity index is 1210. The third-order valence-corrected chi connectivity index (χ3v) is 5.06. The highest BCUT2D eigenvalue weighted by molar-refractivity contribution is 6.07. The third-order valence-electron chi connectivity index (χ3n) is 5.06. The number of carbonyl (C=O) groups is 2. The maximum absolute atomic E-state index is 13.0. The van der Waals surface area contributed by atoms with Gasteiger partial charge < -0.3 is 20.9 Å². The summed E-state index contributed by atoms with van der Waals surface area (Å²) in [7, 11) is 1.74. The number of rotatable bonds is 7. The van der Waals surface area contributed by atoms with Gasteiger partial charge in [0.2, 0.25) is 5.91 Å². The zero-order valence-electron chi connectivity index (χ0n) is 17.0. The van der Waals surface area contributed by atoms with Gasteiger partial charge in [-0.25, -0.2) is 4.98 Å². The van der Waals surface area contributed by atoms with Crippen LogP contribution in [0.25, 0.3) is 10.9 Å². The third kappa shape index (κ3) is 4.31. The fraction of sp³-hybridized carbons (Fsp3) is 0.182. The van der Waals surface area contributed by atoms with Crippen molar-refractivity contribution >= 4 is 34.2 Å². The van der Waals surface area contributed by atoms with Crippen LogP contribution >= 0.6 is 0 Å². The van der Waals surface area contributed by atoms with Gasteiger partial charge in [-0.2, -0.15) is 5.10 Å². The minimum atomic E-state index is -0.373. The van der Waals surface area contributed by atoms with Crippen LogP contribution in [0, 0.1) is 0 Å². The van der Waals surface area contributed by atoms with E-state index < -0.39 is 0 Å². The average Bonchev–Trinajstić information content (AvgIpc) is 3.38. The first kappa shape index (κ1) is 20.3. The number of hydrogen-bond acceptors (Lipinski definition) is 5. The molecule has 4 rings (SSSR count). The molecule has 0 aliphatic rings. The van der Waals surface area contributed by atoms with Crippen molar-refractivity contribution in [1.82, 2.24) is 19.7 Å². The lowest BCUT2D eigenvalue weighted by Crippen LogP contribution is -2.23. The highest BCUT2D eigenvalue weighted by Crippen LogP contribution is 2.26. The van der Waals surface area contributed by atoms with Crippen molar-refractivity contribution in [3.05, 3.63) is 72.3 Å². The van der Waals surface area contributed by atoms with E-state index in [9.17, 15) is 9.59 Å². The van der Waals surface area contributed by atoms with Crippen LogP contribution in [0.4, 0.5) is 11.5 Å². The van der Waals surface area contributed by atoms with Crippen molar-refractivity contribution in [3.63, 3.8) is 0 Å². The zero-order valence-corrected chi connectivity index (χ0v) is 17.0. The highest BCUT2D eigenvalue weighted by atomic mass is 16.2. The number of aryl methyl sites for hydroxylation is 1. The van der Waals surface area contributed by atoms with Crippen LogP contribution in [0.2, 0.25) is 0 Å². The first-order valence-corrected chi connectivity index (χ1v) is 9.89. The molecule has 9 nitrogen and oxygen atoms in total. The molecule has 9 heteroatoms. The first-order chi connectivity index (χ1) is 15.1. The summed E-state index contributed by atoms with van der Waals surface area (Å²) in [5.74, 6) is -0.233. The molecule has 0 aliphatic heterocycles. The number of nitrogens with two attached hydrogens (primary N) is 1. The molecule has 31 heavy (non-hydrogen) atoms. The second kappa shape index (κ2) is 8.80. The molecule has 4 aromatic rings. The lowest BCUT2D eigenvalue weighted by atomic mass is 9.94. The van der Waals surface area contributed by atoms with Crippen LogP contribution in [-0.4, -0.2) is 38.1 Å². The number of nitrogens with zero attached hydrogens (tertiary/aromatic N) is 3. The molecular weight excluding hydrogens is 394 g/mol. The second-order valence-electron chi connectivity index (χ2n) is 7.18. The van der Waals surface area contributed by atoms with Gasteiger partial charge in [-0.1, -0.05) is 30.3 Å². The number of fused-ring (bicyclic) bond motifs is 1. The van der Waals surface area contributed by atoms with Gasteiger partial charge in [0.15, 0.2) is 11.6 Å². The minimum Gasteiger partial charge on any atom is -0.330 e. The number of benzene rings is 2. The topological polar surface area (TPSA) is 131 Å². The Labute approximate surface area is 178 Å². The van der Waals surface area contributed by atoms with Gasteiger partial charge in [-0.15, -0.1) is 0 Å². The fourth-order valence-corrected chi connectivity index (χ4v) is 3.47. The first-order valence-electron chi connectivity index (χ1n) is 9.89. The Morgan fingerprint density at radius 2 is 1.97 bits per heavy atom. The molecule has 2 aromatic heterocycles. The second-order valence-corrected chi connectivity index (χ2v) is 7.18. The number of aromatic nitrogens is 4. The van der Waals surface area contributed by atoms with Gasteiger partial charge in [0.1, 0.15) is 0 Å². The Morgan fingerprint density at radius 1 is 1.16 bits per heavy atom. The van der Waals surface area contributed by atoms with Crippen LogP contribution in [0.1, 0.15) is 28.5 Å². The van der Waals surface area contributed by atoms with Crippen LogP contribution < -0.4 is 16.4 Å². The van der Waals surface area contributed by atoms with Gasteiger partial charge in [-0.05, 0) is 36.7 Å². The Morgan fingerprint density at radius 3 is 2.68 bits per heavy atom. The van der Waals surface area contributed by atoms with E-state index in [0.717, 1.165) is 11.1 Å². The van der Waals surface area contributed by atoms with Crippen molar-refractivity contribution in [2.24, 2.45) is 12.8 Å². The summed E-state index contributed by atoms with van der Waals surface area (Å²) < 4.78 is 1.62. The molecule has 1 atom stereocenters. The number of amides is 2. The van der Waals surface area contributed by atoms with E-state index in [2.05, 4.69) is 25.8 Å². The predicted molar refractivity (Wildman–Crippen MR) is 119 cm³/mol. The summed E-state index contributed by atoms with van der Waals surface area (Å²) in [5.41, 5.74) is 7.98. The molecule has 0 fully saturated rings. The molecule has 0 saturated carbocycles. The zero-order chi connectivity index (χ0) is 21.8. The number of hydrogen-bond donors (Lipinski definition) is 4. The van der Waals surface area contributed by atoms with E-state index in [-0.39, 0.29) is 23.6 Å². The molecule has 0 saturated heterocycles. The number of imidazole rings is 1. The molecule has 2 aromatic carbocycles. The lowest BCUT2D eigenvalue weighted by molar-refractivity contribution is -0.117. The monoisotopic (exact) mass is 417 g/mol. The molecule has 2 amide bonds. The Balaban J connectivity index is 1.56. The van der Waals surface area contributed by atoms with Gasteiger partial charge in [0.25, 0.3) is 5.91 Å². The molecule has 0 aliphatic carbocycles. The van der Waals surface area contributed by atoms with Crippen LogP contribution in [0.15, 0.2) is 60.9 Å². The number of carbonyl (C=O) groups excluding carboxylic acids is 2. The van der Waals surface area contributed by atoms with Crippen molar-refractivity contribution in [3.8, 4) is 0 Å². The summed E-state index contributed by atoms with van der Waals surface area (Å²) in [5, 5.41) is 13.5. The van der Waals surface area contributed by atoms with Crippen LogP contribution in [0.5, 0.6) is 0 Å². The number of aromatic amines is 1. The van der Waals surface area contributed by atoms with E-state index >= 15 is 0 Å². The van der Waals surface area contributed by atoms with Gasteiger partial charge in [-0.3, -0.25) is 14.7 Å². The molecule has 0 bridgehead atoms. The van der Waals surface area contributed by atoms with Gasteiger partial charge >= 0.3 is 0 Å². The molecule has 1 unspecified atom stereocenters. The Hall–Kier alpha value is -3.98. The molecule has 0 radical (unpaired) electrons. The molecule has 158 valence electrons. The SMILES string of the molecule is Cn1ccnc1C(=O)Nc1n[nH]c2ccc(NC(=O)C(CCN)c3ccccc3)cc12. The lowest BCUT2D eigenvalue weighted by Gasteiger charge is -2.16. The normalized spacial score (nSPS) is 11.9. The summed E-state index contributed by atoms with van der Waals surface area (Å²) >= 11 is 0. The number of H-pyrrole nitrogens is 1. The largest absolute Gasteiger partial charge is 0.330 e. The summed E-state index contributed by atoms with van der Waals surface area (Å²) in [6.45, 7) is 0.400. The molecule has 2 heterocycles. The summed E-state index contributed by atoms with van der Waals surface area (Å²) in [4.78, 5) is 29.5. The number of anilines is 2. The Kier molecular flexibility index (Phi) is 5.76. The van der Waals surface area contributed by atoms with E-state index in [0.29, 0.717) is 29.9 Å². The fourth-order valence-electron chi connectivity index (χ4n) is 3.47. The van der Waals surface area contributed by atoms with E-state index in [1.165, 1.54) is 0 Å². The van der Waals surface area contributed by atoms with E-state index in [1.807, 2.05) is 30.3 Å². The minimum absolute atomic E-state index is 0.141. The van der Waals surface area contributed by atoms with Gasteiger partial charge in [0.05, 0.1) is 11.4 Å². The van der Waals surface area contributed by atoms with E-state index in [1.54, 1.807) is 42.2 Å². The summed E-state index contributed by atoms with van der Waals surface area (Å²) in [6, 6.07) is 14.9. The van der Waals surface area contributed by atoms with Crippen LogP contribution in [-0.2, 0) is 11.8 Å². The predicted octanol–water partition coefficient (Wildman–Crippen LogP) is 2.62. The standard InChI is InChI=1S/C22H23N7O2/c1-29-12-11-24-20(29)22(31)26-19-17-13-15(7-8-18(17)27-28-19)25-21(30)16(9-10-23)14-5-3-2-4-6-14/h2-8,11-13,16H,9-10,23H2,1H3,(H,25,30)(H2,26,27,28,31). The van der Waals surface area contributed by atoms with Crippen molar-refractivity contribution in [2.45, 2.75) is 12.3 Å². The number of nitrogens with one attached hydrogen (secondary N) is 3. The summed E-state index contributed by atoms with van der Waals surface area (Å²) in [6.07, 6.45) is 3.78. The van der Waals surface area contributed by atoms with Crippen molar-refractivity contribution in [1.29, 1.82) is 0 Å². The van der Waals surface area contributed by atoms with Crippen molar-refractivity contribution in [2.75, 3.05) is 17.2 Å². The van der Waals surface area contributed by atoms with E-state index in [4.69, 9.17) is 5.73 Å². The maximum atomic E-state index is 13.0.